The third kappa shape index (κ3) is 7.84. The fourth-order valence-electron chi connectivity index (χ4n) is 2.27. The van der Waals surface area contributed by atoms with E-state index in [0.29, 0.717) is 5.56 Å². The normalized spacial score (nSPS) is 13.8. The van der Waals surface area contributed by atoms with E-state index in [2.05, 4.69) is 23.3 Å². The van der Waals surface area contributed by atoms with Gasteiger partial charge in [0.25, 0.3) is 0 Å². The molecule has 0 saturated carbocycles. The van der Waals surface area contributed by atoms with Crippen LogP contribution in [0.3, 0.4) is 0 Å². The number of benzene rings is 1. The SMILES string of the molecule is NC(=O)CCC(NC(=O)C(N)Cc1ccc(O)cc1)C(=O)NC(CS)C(=O)O. The van der Waals surface area contributed by atoms with Gasteiger partial charge >= 0.3 is 5.97 Å². The molecular weight excluding hydrogens is 388 g/mol. The molecule has 0 spiro atoms. The minimum absolute atomic E-state index is 0.0714. The number of thiol groups is 1. The van der Waals surface area contributed by atoms with Crippen molar-refractivity contribution in [1.82, 2.24) is 10.6 Å². The number of aliphatic carboxylic acids is 1. The molecule has 3 atom stereocenters. The summed E-state index contributed by atoms with van der Waals surface area (Å²) in [7, 11) is 0. The number of nitrogens with one attached hydrogen (secondary N) is 2. The second kappa shape index (κ2) is 11.1. The second-order valence-electron chi connectivity index (χ2n) is 6.13. The van der Waals surface area contributed by atoms with Crippen LogP contribution in [0.1, 0.15) is 18.4 Å². The zero-order valence-corrected chi connectivity index (χ0v) is 15.9. The lowest BCUT2D eigenvalue weighted by atomic mass is 10.0. The highest BCUT2D eigenvalue weighted by molar-refractivity contribution is 7.80. The Bertz CT molecular complexity index is 712. The van der Waals surface area contributed by atoms with Crippen LogP contribution in [0.2, 0.25) is 0 Å². The van der Waals surface area contributed by atoms with Crippen molar-refractivity contribution in [3.63, 3.8) is 0 Å². The molecule has 0 fully saturated rings. The van der Waals surface area contributed by atoms with Crippen LogP contribution in [0.25, 0.3) is 0 Å². The van der Waals surface area contributed by atoms with E-state index in [1.807, 2.05) is 0 Å². The molecule has 0 bridgehead atoms. The van der Waals surface area contributed by atoms with Crippen molar-refractivity contribution in [2.45, 2.75) is 37.4 Å². The molecule has 3 amide bonds. The number of nitrogens with two attached hydrogens (primary N) is 2. The number of hydrogen-bond acceptors (Lipinski definition) is 7. The van der Waals surface area contributed by atoms with E-state index >= 15 is 0 Å². The summed E-state index contributed by atoms with van der Waals surface area (Å²) in [5.74, 6) is -3.49. The summed E-state index contributed by atoms with van der Waals surface area (Å²) >= 11 is 3.85. The van der Waals surface area contributed by atoms with Crippen molar-refractivity contribution < 1.29 is 29.4 Å². The lowest BCUT2D eigenvalue weighted by Crippen LogP contribution is -2.55. The van der Waals surface area contributed by atoms with Crippen LogP contribution in [-0.4, -0.2) is 57.8 Å². The van der Waals surface area contributed by atoms with E-state index in [1.54, 1.807) is 12.1 Å². The molecule has 0 saturated heterocycles. The highest BCUT2D eigenvalue weighted by Gasteiger charge is 2.27. The zero-order valence-electron chi connectivity index (χ0n) is 15.0. The quantitative estimate of drug-likeness (QED) is 0.216. The molecule has 1 aromatic carbocycles. The molecule has 1 aromatic rings. The fraction of sp³-hybridized carbons (Fsp3) is 0.412. The summed E-state index contributed by atoms with van der Waals surface area (Å²) in [6, 6.07) is 2.66. The smallest absolute Gasteiger partial charge is 0.327 e. The van der Waals surface area contributed by atoms with Crippen LogP contribution in [-0.2, 0) is 25.6 Å². The maximum atomic E-state index is 12.3. The van der Waals surface area contributed by atoms with Crippen LogP contribution < -0.4 is 22.1 Å². The van der Waals surface area contributed by atoms with Crippen molar-refractivity contribution in [2.75, 3.05) is 5.75 Å². The molecule has 10 nitrogen and oxygen atoms in total. The molecule has 1 rings (SSSR count). The van der Waals surface area contributed by atoms with Crippen LogP contribution in [0.5, 0.6) is 5.75 Å². The Balaban J connectivity index is 2.78. The van der Waals surface area contributed by atoms with Gasteiger partial charge < -0.3 is 32.3 Å². The maximum Gasteiger partial charge on any atom is 0.327 e. The average Bonchev–Trinajstić information content (AvgIpc) is 2.63. The average molecular weight is 412 g/mol. The van der Waals surface area contributed by atoms with Gasteiger partial charge in [-0.3, -0.25) is 14.4 Å². The molecule has 0 aliphatic carbocycles. The van der Waals surface area contributed by atoms with Crippen LogP contribution in [0.4, 0.5) is 0 Å². The molecule has 8 N–H and O–H groups in total. The number of carbonyl (C=O) groups is 4. The van der Waals surface area contributed by atoms with Crippen molar-refractivity contribution in [3.05, 3.63) is 29.8 Å². The molecule has 0 aromatic heterocycles. The van der Waals surface area contributed by atoms with E-state index in [4.69, 9.17) is 16.6 Å². The minimum atomic E-state index is -1.28. The first-order valence-corrected chi connectivity index (χ1v) is 9.03. The summed E-state index contributed by atoms with van der Waals surface area (Å²) in [6.07, 6.45) is -0.160. The summed E-state index contributed by atoms with van der Waals surface area (Å²) in [5.41, 5.74) is 11.6. The van der Waals surface area contributed by atoms with Gasteiger partial charge in [0.1, 0.15) is 17.8 Å². The Morgan fingerprint density at radius 2 is 1.61 bits per heavy atom. The third-order valence-electron chi connectivity index (χ3n) is 3.84. The minimum Gasteiger partial charge on any atom is -0.508 e. The number of rotatable bonds is 11. The Kier molecular flexibility index (Phi) is 9.25. The second-order valence-corrected chi connectivity index (χ2v) is 6.49. The number of phenolic OH excluding ortho intramolecular Hbond substituents is 1. The molecule has 0 aliphatic rings. The van der Waals surface area contributed by atoms with Crippen molar-refractivity contribution >= 4 is 36.3 Å². The summed E-state index contributed by atoms with van der Waals surface area (Å²) in [4.78, 5) is 46.8. The van der Waals surface area contributed by atoms with Gasteiger partial charge in [-0.05, 0) is 30.5 Å². The van der Waals surface area contributed by atoms with Crippen LogP contribution in [0, 0.1) is 0 Å². The van der Waals surface area contributed by atoms with Crippen LogP contribution >= 0.6 is 12.6 Å². The summed E-state index contributed by atoms with van der Waals surface area (Å²) < 4.78 is 0. The Labute approximate surface area is 167 Å². The van der Waals surface area contributed by atoms with Gasteiger partial charge in [0.05, 0.1) is 6.04 Å². The molecule has 3 unspecified atom stereocenters. The van der Waals surface area contributed by atoms with Gasteiger partial charge in [0.15, 0.2) is 0 Å². The monoisotopic (exact) mass is 412 g/mol. The molecule has 0 aliphatic heterocycles. The molecule has 0 heterocycles. The van der Waals surface area contributed by atoms with Gasteiger partial charge in [-0.1, -0.05) is 12.1 Å². The van der Waals surface area contributed by atoms with Gasteiger partial charge in [0, 0.05) is 12.2 Å². The topological polar surface area (TPSA) is 185 Å². The molecule has 154 valence electrons. The number of primary amides is 1. The van der Waals surface area contributed by atoms with Gasteiger partial charge in [0.2, 0.25) is 17.7 Å². The number of carboxylic acid groups (broad SMARTS) is 1. The first kappa shape index (κ1) is 23.2. The summed E-state index contributed by atoms with van der Waals surface area (Å²) in [5, 5.41) is 22.9. The van der Waals surface area contributed by atoms with Gasteiger partial charge in [-0.2, -0.15) is 12.6 Å². The van der Waals surface area contributed by atoms with Crippen molar-refractivity contribution in [1.29, 1.82) is 0 Å². The number of phenols is 1. The lowest BCUT2D eigenvalue weighted by molar-refractivity contribution is -0.141. The molecule has 28 heavy (non-hydrogen) atoms. The first-order valence-electron chi connectivity index (χ1n) is 8.40. The Morgan fingerprint density at radius 3 is 2.11 bits per heavy atom. The highest BCUT2D eigenvalue weighted by atomic mass is 32.1. The van der Waals surface area contributed by atoms with E-state index in [1.165, 1.54) is 12.1 Å². The van der Waals surface area contributed by atoms with E-state index in [0.717, 1.165) is 0 Å². The molecular formula is C17H24N4O6S. The highest BCUT2D eigenvalue weighted by Crippen LogP contribution is 2.11. The fourth-order valence-corrected chi connectivity index (χ4v) is 2.52. The number of amides is 3. The number of carbonyl (C=O) groups excluding carboxylic acids is 3. The maximum absolute atomic E-state index is 12.3. The number of aromatic hydroxyl groups is 1. The van der Waals surface area contributed by atoms with E-state index in [9.17, 15) is 24.3 Å². The molecule has 0 radical (unpaired) electrons. The Hall–Kier alpha value is -2.79. The number of carboxylic acids is 1. The summed E-state index contributed by atoms with van der Waals surface area (Å²) in [6.45, 7) is 0. The van der Waals surface area contributed by atoms with E-state index in [-0.39, 0.29) is 30.8 Å². The van der Waals surface area contributed by atoms with Gasteiger partial charge in [-0.15, -0.1) is 0 Å². The van der Waals surface area contributed by atoms with E-state index < -0.39 is 41.8 Å². The third-order valence-corrected chi connectivity index (χ3v) is 4.20. The standard InChI is InChI=1S/C17H24N4O6S/c18-11(7-9-1-3-10(22)4-2-9)15(24)20-12(5-6-14(19)23)16(25)21-13(8-28)17(26)27/h1-4,11-13,22,28H,5-8,18H2,(H2,19,23)(H,20,24)(H,21,25)(H,26,27). The largest absolute Gasteiger partial charge is 0.508 e. The Morgan fingerprint density at radius 1 is 1.04 bits per heavy atom. The van der Waals surface area contributed by atoms with Crippen molar-refractivity contribution in [3.8, 4) is 5.75 Å². The molecule has 11 heteroatoms. The predicted octanol–water partition coefficient (Wildman–Crippen LogP) is -1.49. The van der Waals surface area contributed by atoms with Crippen LogP contribution in [0.15, 0.2) is 24.3 Å². The predicted molar refractivity (Wildman–Crippen MR) is 104 cm³/mol. The number of hydrogen-bond donors (Lipinski definition) is 7. The zero-order chi connectivity index (χ0) is 21.3. The van der Waals surface area contributed by atoms with Gasteiger partial charge in [-0.25, -0.2) is 4.79 Å². The first-order chi connectivity index (χ1) is 13.1. The lowest BCUT2D eigenvalue weighted by Gasteiger charge is -2.22. The van der Waals surface area contributed by atoms with Crippen molar-refractivity contribution in [2.24, 2.45) is 11.5 Å².